The molecule has 34 heavy (non-hydrogen) atoms. The topological polar surface area (TPSA) is 191 Å². The van der Waals surface area contributed by atoms with Gasteiger partial charge in [-0.25, -0.2) is 0 Å². The molecule has 1 saturated carbocycles. The van der Waals surface area contributed by atoms with Gasteiger partial charge in [0.05, 0.1) is 0 Å². The van der Waals surface area contributed by atoms with Crippen molar-refractivity contribution < 1.29 is 46.5 Å². The molecule has 1 aromatic rings. The van der Waals surface area contributed by atoms with Crippen molar-refractivity contribution in [3.63, 3.8) is 0 Å². The fraction of sp³-hybridized carbons (Fsp3) is 0.500. The van der Waals surface area contributed by atoms with Gasteiger partial charge in [0, 0.05) is 0 Å². The second-order valence-corrected chi connectivity index (χ2v) is 11.8. The molecule has 1 fully saturated rings. The van der Waals surface area contributed by atoms with Crippen LogP contribution in [0.3, 0.4) is 0 Å². The van der Waals surface area contributed by atoms with Gasteiger partial charge in [0.15, 0.2) is 0 Å². The molecule has 1 aliphatic rings. The summed E-state index contributed by atoms with van der Waals surface area (Å²) in [5.41, 5.74) is 5.80. The Kier molecular flexibility index (Phi) is 9.06. The Morgan fingerprint density at radius 2 is 1.35 bits per heavy atom. The Bertz CT molecular complexity index is 1080. The summed E-state index contributed by atoms with van der Waals surface area (Å²) in [6, 6.07) is 4.21. The molecule has 2 rings (SSSR count). The molecule has 4 N–H and O–H groups in total. The van der Waals surface area contributed by atoms with E-state index in [1.807, 2.05) is 0 Å². The molecule has 0 heterocycles. The summed E-state index contributed by atoms with van der Waals surface area (Å²) in [6.45, 7) is 4.63. The number of anilines is 1. The van der Waals surface area contributed by atoms with Gasteiger partial charge in [-0.05, 0) is 0 Å². The first-order valence-corrected chi connectivity index (χ1v) is 13.4. The maximum absolute atomic E-state index is 11.9. The van der Waals surface area contributed by atoms with E-state index in [1.165, 1.54) is 32.0 Å². The number of nitrogen functional groups attached to an aromatic ring is 1. The molecule has 1 aliphatic carbocycles. The molecule has 0 unspecified atom stereocenters. The first kappa shape index (κ1) is 27.6. The standard InChI is InChI=1S/C20H26N2O10SSe/c1-9(23)29-15-8-17(34-13-5-6-16(14(21)7-13)33(22,27)28)19(31-11(3)25)20(32-12(4)26)18(15)30-10(2)24/h5-7,15,17-20H,8,21H2,1-4H3,(H2,22,27,28)/t15-,17+,18+,19-,20-/m0/s1. The Morgan fingerprint density at radius 1 is 0.853 bits per heavy atom. The van der Waals surface area contributed by atoms with Crippen molar-refractivity contribution in [1.29, 1.82) is 0 Å². The van der Waals surface area contributed by atoms with Gasteiger partial charge in [-0.3, -0.25) is 0 Å². The van der Waals surface area contributed by atoms with Crippen LogP contribution in [0.25, 0.3) is 0 Å². The third-order valence-corrected chi connectivity index (χ3v) is 8.33. The number of hydrogen-bond acceptors (Lipinski definition) is 11. The third kappa shape index (κ3) is 7.42. The molecule has 0 spiro atoms. The van der Waals surface area contributed by atoms with Crippen molar-refractivity contribution >= 4 is 59.0 Å². The van der Waals surface area contributed by atoms with E-state index in [1.54, 1.807) is 0 Å². The first-order chi connectivity index (χ1) is 15.7. The molecule has 0 amide bonds. The van der Waals surface area contributed by atoms with Crippen LogP contribution in [-0.4, -0.2) is 71.7 Å². The summed E-state index contributed by atoms with van der Waals surface area (Å²) in [5.74, 6) is -2.76. The molecule has 0 aliphatic heterocycles. The summed E-state index contributed by atoms with van der Waals surface area (Å²) in [7, 11) is -4.02. The Hall–Kier alpha value is -2.67. The quantitative estimate of drug-likeness (QED) is 0.181. The van der Waals surface area contributed by atoms with Gasteiger partial charge >= 0.3 is 203 Å². The second kappa shape index (κ2) is 11.2. The normalized spacial score (nSPS) is 24.6. The van der Waals surface area contributed by atoms with Gasteiger partial charge in [0.1, 0.15) is 0 Å². The van der Waals surface area contributed by atoms with E-state index in [-0.39, 0.29) is 17.0 Å². The number of carbonyl (C=O) groups excluding carboxylic acids is 4. The number of hydrogen-bond donors (Lipinski definition) is 2. The molecular formula is C20H26N2O10SSe. The number of benzene rings is 1. The number of sulfonamides is 1. The van der Waals surface area contributed by atoms with E-state index in [0.717, 1.165) is 13.8 Å². The van der Waals surface area contributed by atoms with Crippen molar-refractivity contribution in [3.05, 3.63) is 18.2 Å². The number of esters is 4. The summed E-state index contributed by atoms with van der Waals surface area (Å²) in [5, 5.41) is 5.15. The number of ether oxygens (including phenoxy) is 4. The van der Waals surface area contributed by atoms with E-state index in [2.05, 4.69) is 0 Å². The Morgan fingerprint density at radius 3 is 1.82 bits per heavy atom. The van der Waals surface area contributed by atoms with Gasteiger partial charge in [-0.1, -0.05) is 0 Å². The number of rotatable bonds is 7. The monoisotopic (exact) mass is 566 g/mol. The van der Waals surface area contributed by atoms with E-state index >= 15 is 0 Å². The van der Waals surface area contributed by atoms with Crippen LogP contribution in [-0.2, 0) is 48.1 Å². The van der Waals surface area contributed by atoms with Crippen LogP contribution >= 0.6 is 0 Å². The molecule has 14 heteroatoms. The fourth-order valence-electron chi connectivity index (χ4n) is 3.58. The third-order valence-electron chi connectivity index (χ3n) is 4.64. The number of primary sulfonamides is 1. The van der Waals surface area contributed by atoms with Crippen molar-refractivity contribution in [3.8, 4) is 0 Å². The van der Waals surface area contributed by atoms with Gasteiger partial charge < -0.3 is 0 Å². The second-order valence-electron chi connectivity index (χ2n) is 7.51. The summed E-state index contributed by atoms with van der Waals surface area (Å²) < 4.78 is 45.5. The molecule has 188 valence electrons. The van der Waals surface area contributed by atoms with Crippen molar-refractivity contribution in [2.45, 2.75) is 68.2 Å². The van der Waals surface area contributed by atoms with Crippen molar-refractivity contribution in [2.24, 2.45) is 5.14 Å². The zero-order valence-electron chi connectivity index (χ0n) is 18.9. The predicted octanol–water partition coefficient (Wildman–Crippen LogP) is -0.835. The molecule has 0 radical (unpaired) electrons. The zero-order chi connectivity index (χ0) is 25.8. The molecule has 0 aromatic heterocycles. The number of carbonyl (C=O) groups is 4. The molecule has 0 saturated heterocycles. The Balaban J connectivity index is 2.51. The minimum absolute atomic E-state index is 0.0624. The zero-order valence-corrected chi connectivity index (χ0v) is 21.4. The SMILES string of the molecule is CC(=O)O[C@@H]1[C@@H](OC(C)=O)[C@H]([Se]c2ccc(S(N)(=O)=O)c(N)c2)C[C@H](OC(C)=O)[C@H]1OC(C)=O. The van der Waals surface area contributed by atoms with Gasteiger partial charge in [0.25, 0.3) is 0 Å². The van der Waals surface area contributed by atoms with Crippen LogP contribution in [0.4, 0.5) is 5.69 Å². The van der Waals surface area contributed by atoms with Crippen LogP contribution in [0, 0.1) is 0 Å². The predicted molar refractivity (Wildman–Crippen MR) is 118 cm³/mol. The molecule has 12 nitrogen and oxygen atoms in total. The van der Waals surface area contributed by atoms with Crippen LogP contribution in [0.2, 0.25) is 4.82 Å². The van der Waals surface area contributed by atoms with Crippen molar-refractivity contribution in [1.82, 2.24) is 0 Å². The average Bonchev–Trinajstić information content (AvgIpc) is 2.65. The summed E-state index contributed by atoms with van der Waals surface area (Å²) in [6.07, 6.45) is -4.40. The maximum atomic E-state index is 11.9. The average molecular weight is 565 g/mol. The van der Waals surface area contributed by atoms with Crippen LogP contribution in [0.15, 0.2) is 23.1 Å². The van der Waals surface area contributed by atoms with Gasteiger partial charge in [-0.2, -0.15) is 0 Å². The van der Waals surface area contributed by atoms with Gasteiger partial charge in [0.2, 0.25) is 0 Å². The summed E-state index contributed by atoms with van der Waals surface area (Å²) >= 11 is -0.552. The fourth-order valence-corrected chi connectivity index (χ4v) is 7.00. The molecular weight excluding hydrogens is 539 g/mol. The van der Waals surface area contributed by atoms with Crippen LogP contribution in [0.1, 0.15) is 34.1 Å². The molecule has 1 aromatic carbocycles. The van der Waals surface area contributed by atoms with Crippen LogP contribution < -0.4 is 15.3 Å². The van der Waals surface area contributed by atoms with E-state index in [9.17, 15) is 27.6 Å². The Labute approximate surface area is 202 Å². The van der Waals surface area contributed by atoms with E-state index in [4.69, 9.17) is 29.8 Å². The minimum atomic E-state index is -4.02. The van der Waals surface area contributed by atoms with Crippen LogP contribution in [0.5, 0.6) is 0 Å². The van der Waals surface area contributed by atoms with E-state index in [0.29, 0.717) is 4.46 Å². The molecule has 5 atom stereocenters. The van der Waals surface area contributed by atoms with Gasteiger partial charge in [-0.15, -0.1) is 0 Å². The molecule has 0 bridgehead atoms. The summed E-state index contributed by atoms with van der Waals surface area (Å²) in [4.78, 5) is 46.5. The van der Waals surface area contributed by atoms with Crippen molar-refractivity contribution in [2.75, 3.05) is 5.73 Å². The number of nitrogens with two attached hydrogens (primary N) is 2. The van der Waals surface area contributed by atoms with E-state index < -0.39 is 78.1 Å². The first-order valence-electron chi connectivity index (χ1n) is 9.97.